The van der Waals surface area contributed by atoms with Crippen LogP contribution in [0, 0.1) is 0 Å². The fourth-order valence-corrected chi connectivity index (χ4v) is 3.61. The molecule has 1 aromatic carbocycles. The maximum Gasteiger partial charge on any atom is 0.161 e. The van der Waals surface area contributed by atoms with Crippen LogP contribution in [0.25, 0.3) is 17.0 Å². The number of hydrogen-bond acceptors (Lipinski definition) is 2. The fraction of sp³-hybridized carbons (Fsp3) is 0.368. The number of benzene rings is 1. The quantitative estimate of drug-likeness (QED) is 0.835. The van der Waals surface area contributed by atoms with Crippen molar-refractivity contribution in [1.29, 1.82) is 0 Å². The molecule has 0 radical (unpaired) electrons. The van der Waals surface area contributed by atoms with Crippen molar-refractivity contribution in [2.75, 3.05) is 14.2 Å². The molecule has 2 aromatic rings. The highest BCUT2D eigenvalue weighted by Crippen LogP contribution is 2.40. The van der Waals surface area contributed by atoms with E-state index in [1.54, 1.807) is 14.2 Å². The van der Waals surface area contributed by atoms with Gasteiger partial charge in [0.15, 0.2) is 11.5 Å². The van der Waals surface area contributed by atoms with Crippen LogP contribution < -0.4 is 0 Å². The van der Waals surface area contributed by atoms with E-state index in [4.69, 9.17) is 9.47 Å². The van der Waals surface area contributed by atoms with E-state index in [-0.39, 0.29) is 0 Å². The van der Waals surface area contributed by atoms with Crippen molar-refractivity contribution in [1.82, 2.24) is 4.57 Å². The Morgan fingerprint density at radius 1 is 1.05 bits per heavy atom. The van der Waals surface area contributed by atoms with Crippen molar-refractivity contribution in [3.63, 3.8) is 0 Å². The first kappa shape index (κ1) is 13.5. The number of para-hydroxylation sites is 1. The van der Waals surface area contributed by atoms with Gasteiger partial charge in [-0.15, -0.1) is 0 Å². The smallest absolute Gasteiger partial charge is 0.161 e. The Kier molecular flexibility index (Phi) is 3.21. The lowest BCUT2D eigenvalue weighted by molar-refractivity contribution is 0.222. The van der Waals surface area contributed by atoms with Crippen LogP contribution in [0.5, 0.6) is 0 Å². The van der Waals surface area contributed by atoms with Gasteiger partial charge in [0.05, 0.1) is 14.2 Å². The van der Waals surface area contributed by atoms with E-state index in [0.29, 0.717) is 6.04 Å². The minimum atomic E-state index is 0.644. The summed E-state index contributed by atoms with van der Waals surface area (Å²) >= 11 is 0. The van der Waals surface area contributed by atoms with Gasteiger partial charge in [-0.1, -0.05) is 18.2 Å². The van der Waals surface area contributed by atoms with E-state index < -0.39 is 0 Å². The van der Waals surface area contributed by atoms with Gasteiger partial charge in [0.2, 0.25) is 0 Å². The van der Waals surface area contributed by atoms with Gasteiger partial charge in [-0.2, -0.15) is 0 Å². The van der Waals surface area contributed by atoms with Gasteiger partial charge >= 0.3 is 0 Å². The molecular weight excluding hydrogens is 274 g/mol. The van der Waals surface area contributed by atoms with Crippen LogP contribution >= 0.6 is 0 Å². The second-order valence-corrected chi connectivity index (χ2v) is 6.02. The number of allylic oxidation sites excluding steroid dienone is 1. The lowest BCUT2D eigenvalue weighted by atomic mass is 9.92. The van der Waals surface area contributed by atoms with Crippen LogP contribution in [0.2, 0.25) is 0 Å². The molecule has 0 atom stereocenters. The molecule has 114 valence electrons. The van der Waals surface area contributed by atoms with Gasteiger partial charge < -0.3 is 14.0 Å². The fourth-order valence-electron chi connectivity index (χ4n) is 3.61. The SMILES string of the molecule is COC1=CCc2c(c3ccccc3n2C2CCC2)C=C1OC. The summed E-state index contributed by atoms with van der Waals surface area (Å²) < 4.78 is 13.6. The van der Waals surface area contributed by atoms with Crippen LogP contribution in [-0.4, -0.2) is 18.8 Å². The second-order valence-electron chi connectivity index (χ2n) is 6.02. The van der Waals surface area contributed by atoms with Crippen LogP contribution in [0.3, 0.4) is 0 Å². The molecule has 1 saturated carbocycles. The number of fused-ring (bicyclic) bond motifs is 3. The first-order valence-corrected chi connectivity index (χ1v) is 7.95. The molecule has 2 aliphatic rings. The summed E-state index contributed by atoms with van der Waals surface area (Å²) in [5.41, 5.74) is 4.01. The number of aromatic nitrogens is 1. The third-order valence-corrected chi connectivity index (χ3v) is 4.93. The maximum atomic E-state index is 5.55. The molecule has 0 N–H and O–H groups in total. The van der Waals surface area contributed by atoms with E-state index in [9.17, 15) is 0 Å². The zero-order chi connectivity index (χ0) is 15.1. The van der Waals surface area contributed by atoms with Crippen molar-refractivity contribution in [3.8, 4) is 0 Å². The summed E-state index contributed by atoms with van der Waals surface area (Å²) in [5.74, 6) is 1.63. The molecule has 22 heavy (non-hydrogen) atoms. The van der Waals surface area contributed by atoms with Crippen molar-refractivity contribution >= 4 is 17.0 Å². The highest BCUT2D eigenvalue weighted by molar-refractivity contribution is 5.92. The monoisotopic (exact) mass is 295 g/mol. The molecule has 1 aromatic heterocycles. The summed E-state index contributed by atoms with van der Waals surface area (Å²) in [7, 11) is 3.40. The predicted octanol–water partition coefficient (Wildman–Crippen LogP) is 4.44. The van der Waals surface area contributed by atoms with E-state index in [2.05, 4.69) is 41.0 Å². The van der Waals surface area contributed by atoms with Crippen LogP contribution in [0.1, 0.15) is 36.6 Å². The topological polar surface area (TPSA) is 23.4 Å². The molecular formula is C19H21NO2. The lowest BCUT2D eigenvalue weighted by Gasteiger charge is -2.30. The van der Waals surface area contributed by atoms with Gasteiger partial charge in [-0.3, -0.25) is 0 Å². The molecule has 4 rings (SSSR count). The van der Waals surface area contributed by atoms with Gasteiger partial charge in [0.25, 0.3) is 0 Å². The average Bonchev–Trinajstić information content (AvgIpc) is 2.68. The van der Waals surface area contributed by atoms with Crippen LogP contribution in [0.4, 0.5) is 0 Å². The van der Waals surface area contributed by atoms with E-state index in [1.165, 1.54) is 41.4 Å². The summed E-state index contributed by atoms with van der Waals surface area (Å²) in [6.07, 6.45) is 9.06. The minimum Gasteiger partial charge on any atom is -0.493 e. The number of ether oxygens (including phenoxy) is 2. The zero-order valence-corrected chi connectivity index (χ0v) is 13.1. The standard InChI is InChI=1S/C19H21NO2/c1-21-18-11-10-17-15(12-19(18)22-2)14-8-3-4-9-16(14)20(17)13-6-5-7-13/h3-4,8-9,11-13H,5-7,10H2,1-2H3. The maximum absolute atomic E-state index is 5.55. The Balaban J connectivity index is 1.98. The highest BCUT2D eigenvalue weighted by Gasteiger charge is 2.27. The molecule has 0 bridgehead atoms. The number of rotatable bonds is 3. The van der Waals surface area contributed by atoms with E-state index >= 15 is 0 Å². The molecule has 3 heteroatoms. The van der Waals surface area contributed by atoms with Crippen LogP contribution in [-0.2, 0) is 15.9 Å². The van der Waals surface area contributed by atoms with E-state index in [1.807, 2.05) is 0 Å². The molecule has 1 fully saturated rings. The number of nitrogens with zero attached hydrogens (tertiary/aromatic N) is 1. The highest BCUT2D eigenvalue weighted by atomic mass is 16.5. The van der Waals surface area contributed by atoms with Crippen molar-refractivity contribution in [3.05, 3.63) is 53.1 Å². The summed E-state index contributed by atoms with van der Waals surface area (Å²) in [4.78, 5) is 0. The first-order chi connectivity index (χ1) is 10.8. The van der Waals surface area contributed by atoms with Gasteiger partial charge in [0, 0.05) is 34.6 Å². The third kappa shape index (κ3) is 1.88. The average molecular weight is 295 g/mol. The predicted molar refractivity (Wildman–Crippen MR) is 88.6 cm³/mol. The molecule has 0 amide bonds. The summed E-state index contributed by atoms with van der Waals surface area (Å²) in [5, 5.41) is 1.31. The van der Waals surface area contributed by atoms with Crippen molar-refractivity contribution in [2.45, 2.75) is 31.7 Å². The molecule has 2 aliphatic carbocycles. The Labute approximate surface area is 130 Å². The van der Waals surface area contributed by atoms with E-state index in [0.717, 1.165) is 17.9 Å². The normalized spacial score (nSPS) is 18.1. The Bertz CT molecular complexity index is 778. The molecule has 0 spiro atoms. The zero-order valence-electron chi connectivity index (χ0n) is 13.1. The molecule has 1 heterocycles. The van der Waals surface area contributed by atoms with Gasteiger partial charge in [-0.05, 0) is 37.5 Å². The van der Waals surface area contributed by atoms with Gasteiger partial charge in [-0.25, -0.2) is 0 Å². The van der Waals surface area contributed by atoms with Crippen molar-refractivity contribution in [2.24, 2.45) is 0 Å². The van der Waals surface area contributed by atoms with Crippen LogP contribution in [0.15, 0.2) is 41.9 Å². The van der Waals surface area contributed by atoms with Crippen molar-refractivity contribution < 1.29 is 9.47 Å². The number of methoxy groups -OCH3 is 2. The molecule has 3 nitrogen and oxygen atoms in total. The molecule has 0 saturated heterocycles. The summed E-state index contributed by atoms with van der Waals surface area (Å²) in [6.45, 7) is 0. The first-order valence-electron chi connectivity index (χ1n) is 7.95. The summed E-state index contributed by atoms with van der Waals surface area (Å²) in [6, 6.07) is 9.34. The lowest BCUT2D eigenvalue weighted by Crippen LogP contribution is -2.18. The number of hydrogen-bond donors (Lipinski definition) is 0. The molecule has 0 aliphatic heterocycles. The Morgan fingerprint density at radius 3 is 2.50 bits per heavy atom. The Morgan fingerprint density at radius 2 is 1.82 bits per heavy atom. The van der Waals surface area contributed by atoms with Gasteiger partial charge in [0.1, 0.15) is 0 Å². The minimum absolute atomic E-state index is 0.644. The second kappa shape index (κ2) is 5.24. The third-order valence-electron chi connectivity index (χ3n) is 4.93. The largest absolute Gasteiger partial charge is 0.493 e. The Hall–Kier alpha value is -2.16. The molecule has 0 unspecified atom stereocenters.